The van der Waals surface area contributed by atoms with Crippen molar-refractivity contribution in [2.75, 3.05) is 13.6 Å². The molecule has 0 spiro atoms. The van der Waals surface area contributed by atoms with Crippen LogP contribution in [-0.4, -0.2) is 24.5 Å². The minimum Gasteiger partial charge on any atom is -0.356 e. The molecule has 0 amide bonds. The number of aliphatic imine (C=N–C) groups is 1. The number of hydrogen-bond acceptors (Lipinski definition) is 2. The summed E-state index contributed by atoms with van der Waals surface area (Å²) in [6.45, 7) is 1.43. The summed E-state index contributed by atoms with van der Waals surface area (Å²) in [6.07, 6.45) is 2.63. The molecule has 0 unspecified atom stereocenters. The van der Waals surface area contributed by atoms with Crippen LogP contribution < -0.4 is 10.6 Å². The zero-order valence-corrected chi connectivity index (χ0v) is 13.8. The predicted octanol–water partition coefficient (Wildman–Crippen LogP) is 3.30. The molecule has 116 valence electrons. The molecule has 0 aliphatic heterocycles. The molecule has 0 aliphatic rings. The van der Waals surface area contributed by atoms with Crippen molar-refractivity contribution >= 4 is 29.2 Å². The maximum Gasteiger partial charge on any atom is 0.191 e. The van der Waals surface area contributed by atoms with Crippen molar-refractivity contribution in [3.8, 4) is 0 Å². The van der Waals surface area contributed by atoms with Crippen LogP contribution >= 0.6 is 23.2 Å². The van der Waals surface area contributed by atoms with Crippen LogP contribution in [-0.2, 0) is 13.0 Å². The Balaban J connectivity index is 1.76. The Morgan fingerprint density at radius 2 is 2.00 bits per heavy atom. The molecule has 0 fully saturated rings. The predicted molar refractivity (Wildman–Crippen MR) is 92.6 cm³/mol. The molecular weight excluding hydrogens is 319 g/mol. The van der Waals surface area contributed by atoms with Crippen LogP contribution in [0.25, 0.3) is 0 Å². The Hall–Kier alpha value is -1.78. The smallest absolute Gasteiger partial charge is 0.191 e. The molecule has 0 radical (unpaired) electrons. The fourth-order valence-corrected chi connectivity index (χ4v) is 2.26. The Morgan fingerprint density at radius 1 is 1.14 bits per heavy atom. The fourth-order valence-electron chi connectivity index (χ4n) is 1.93. The summed E-state index contributed by atoms with van der Waals surface area (Å²) in [7, 11) is 1.75. The molecule has 0 saturated heterocycles. The quantitative estimate of drug-likeness (QED) is 0.500. The first kappa shape index (κ1) is 16.6. The van der Waals surface area contributed by atoms with Gasteiger partial charge in [0.05, 0.1) is 0 Å². The molecule has 6 heteroatoms. The van der Waals surface area contributed by atoms with Crippen LogP contribution in [0.4, 0.5) is 0 Å². The van der Waals surface area contributed by atoms with Crippen LogP contribution in [0, 0.1) is 0 Å². The number of nitrogens with zero attached hydrogens (tertiary/aromatic N) is 2. The SMILES string of the molecule is CN=C(NCCc1ccc(Cl)nc1)NCc1cccc(Cl)c1. The zero-order valence-electron chi connectivity index (χ0n) is 12.3. The molecular formula is C16H18Cl2N4. The third-order valence-electron chi connectivity index (χ3n) is 3.07. The number of pyridine rings is 1. The third-order valence-corrected chi connectivity index (χ3v) is 3.53. The molecule has 0 bridgehead atoms. The van der Waals surface area contributed by atoms with E-state index in [0.717, 1.165) is 35.1 Å². The molecule has 0 atom stereocenters. The van der Waals surface area contributed by atoms with Gasteiger partial charge in [-0.05, 0) is 35.7 Å². The van der Waals surface area contributed by atoms with E-state index in [2.05, 4.69) is 20.6 Å². The van der Waals surface area contributed by atoms with Crippen molar-refractivity contribution in [2.45, 2.75) is 13.0 Å². The summed E-state index contributed by atoms with van der Waals surface area (Å²) >= 11 is 11.7. The zero-order chi connectivity index (χ0) is 15.8. The lowest BCUT2D eigenvalue weighted by atomic mass is 10.2. The molecule has 4 nitrogen and oxygen atoms in total. The number of hydrogen-bond donors (Lipinski definition) is 2. The number of rotatable bonds is 5. The maximum atomic E-state index is 5.97. The summed E-state index contributed by atoms with van der Waals surface area (Å²) in [5.41, 5.74) is 2.24. The second-order valence-electron chi connectivity index (χ2n) is 4.72. The van der Waals surface area contributed by atoms with Gasteiger partial charge >= 0.3 is 0 Å². The second-order valence-corrected chi connectivity index (χ2v) is 5.55. The average molecular weight is 337 g/mol. The lowest BCUT2D eigenvalue weighted by Gasteiger charge is -2.12. The van der Waals surface area contributed by atoms with Crippen molar-refractivity contribution in [2.24, 2.45) is 4.99 Å². The van der Waals surface area contributed by atoms with Crippen LogP contribution in [0.15, 0.2) is 47.6 Å². The van der Waals surface area contributed by atoms with E-state index < -0.39 is 0 Å². The van der Waals surface area contributed by atoms with E-state index in [-0.39, 0.29) is 0 Å². The summed E-state index contributed by atoms with van der Waals surface area (Å²) in [5.74, 6) is 0.752. The van der Waals surface area contributed by atoms with Gasteiger partial charge in [-0.2, -0.15) is 0 Å². The highest BCUT2D eigenvalue weighted by atomic mass is 35.5. The molecule has 2 rings (SSSR count). The monoisotopic (exact) mass is 336 g/mol. The summed E-state index contributed by atoms with van der Waals surface area (Å²) in [4.78, 5) is 8.26. The number of guanidine groups is 1. The van der Waals surface area contributed by atoms with Gasteiger partial charge in [-0.3, -0.25) is 4.99 Å². The minimum atomic E-state index is 0.510. The van der Waals surface area contributed by atoms with Gasteiger partial charge in [-0.15, -0.1) is 0 Å². The van der Waals surface area contributed by atoms with Crippen molar-refractivity contribution in [3.63, 3.8) is 0 Å². The summed E-state index contributed by atoms with van der Waals surface area (Å²) < 4.78 is 0. The highest BCUT2D eigenvalue weighted by molar-refractivity contribution is 6.30. The normalized spacial score (nSPS) is 11.3. The van der Waals surface area contributed by atoms with Crippen molar-refractivity contribution in [3.05, 3.63) is 63.9 Å². The number of aromatic nitrogens is 1. The molecule has 22 heavy (non-hydrogen) atoms. The highest BCUT2D eigenvalue weighted by Gasteiger charge is 2.00. The summed E-state index contributed by atoms with van der Waals surface area (Å²) in [6, 6.07) is 11.5. The Bertz CT molecular complexity index is 626. The number of benzene rings is 1. The molecule has 1 aromatic carbocycles. The van der Waals surface area contributed by atoms with Crippen LogP contribution in [0.5, 0.6) is 0 Å². The van der Waals surface area contributed by atoms with E-state index in [1.54, 1.807) is 19.3 Å². The van der Waals surface area contributed by atoms with Gasteiger partial charge in [0, 0.05) is 31.4 Å². The van der Waals surface area contributed by atoms with Crippen LogP contribution in [0.3, 0.4) is 0 Å². The van der Waals surface area contributed by atoms with Gasteiger partial charge in [-0.25, -0.2) is 4.98 Å². The molecule has 0 saturated carbocycles. The van der Waals surface area contributed by atoms with Gasteiger partial charge in [-0.1, -0.05) is 41.4 Å². The van der Waals surface area contributed by atoms with E-state index >= 15 is 0 Å². The maximum absolute atomic E-state index is 5.97. The Kier molecular flexibility index (Phi) is 6.49. The van der Waals surface area contributed by atoms with Crippen molar-refractivity contribution in [1.29, 1.82) is 0 Å². The van der Waals surface area contributed by atoms with Crippen molar-refractivity contribution in [1.82, 2.24) is 15.6 Å². The van der Waals surface area contributed by atoms with Gasteiger partial charge in [0.25, 0.3) is 0 Å². The van der Waals surface area contributed by atoms with E-state index in [9.17, 15) is 0 Å². The number of halogens is 2. The molecule has 2 N–H and O–H groups in total. The Labute approximate surface area is 140 Å². The standard InChI is InChI=1S/C16H18Cl2N4/c1-19-16(22-11-13-3-2-4-14(17)9-13)20-8-7-12-5-6-15(18)21-10-12/h2-6,9-10H,7-8,11H2,1H3,(H2,19,20,22). The first-order chi connectivity index (χ1) is 10.7. The molecule has 1 heterocycles. The lowest BCUT2D eigenvalue weighted by Crippen LogP contribution is -2.37. The highest BCUT2D eigenvalue weighted by Crippen LogP contribution is 2.10. The van der Waals surface area contributed by atoms with Crippen LogP contribution in [0.1, 0.15) is 11.1 Å². The summed E-state index contributed by atoms with van der Waals surface area (Å²) in [5, 5.41) is 7.76. The first-order valence-electron chi connectivity index (χ1n) is 6.97. The van der Waals surface area contributed by atoms with E-state index in [1.165, 1.54) is 0 Å². The van der Waals surface area contributed by atoms with Crippen molar-refractivity contribution < 1.29 is 0 Å². The second kappa shape index (κ2) is 8.61. The first-order valence-corrected chi connectivity index (χ1v) is 7.72. The fraction of sp³-hybridized carbons (Fsp3) is 0.250. The van der Waals surface area contributed by atoms with Gasteiger partial charge in [0.1, 0.15) is 5.15 Å². The molecule has 0 aliphatic carbocycles. The van der Waals surface area contributed by atoms with Gasteiger partial charge in [0.15, 0.2) is 5.96 Å². The molecule has 2 aromatic rings. The van der Waals surface area contributed by atoms with Gasteiger partial charge < -0.3 is 10.6 Å². The number of nitrogens with one attached hydrogen (secondary N) is 2. The van der Waals surface area contributed by atoms with E-state index in [4.69, 9.17) is 23.2 Å². The van der Waals surface area contributed by atoms with Crippen LogP contribution in [0.2, 0.25) is 10.2 Å². The largest absolute Gasteiger partial charge is 0.356 e. The Morgan fingerprint density at radius 3 is 2.68 bits per heavy atom. The lowest BCUT2D eigenvalue weighted by molar-refractivity contribution is 0.793. The average Bonchev–Trinajstić information content (AvgIpc) is 2.52. The van der Waals surface area contributed by atoms with E-state index in [0.29, 0.717) is 11.7 Å². The minimum absolute atomic E-state index is 0.510. The third kappa shape index (κ3) is 5.54. The molecule has 1 aromatic heterocycles. The topological polar surface area (TPSA) is 49.3 Å². The van der Waals surface area contributed by atoms with E-state index in [1.807, 2.05) is 30.3 Å². The van der Waals surface area contributed by atoms with Gasteiger partial charge in [0.2, 0.25) is 0 Å².